The smallest absolute Gasteiger partial charge is 0.347 e. The molecule has 0 spiro atoms. The minimum absolute atomic E-state index is 0.108. The Morgan fingerprint density at radius 3 is 2.35 bits per heavy atom. The predicted octanol–water partition coefficient (Wildman–Crippen LogP) is 6.66. The van der Waals surface area contributed by atoms with Crippen LogP contribution in [0.4, 0.5) is 17.6 Å². The number of nitrogens with zero attached hydrogens (tertiary/aromatic N) is 1. The first kappa shape index (κ1) is 24.7. The molecule has 1 aromatic heterocycles. The minimum Gasteiger partial charge on any atom is -0.347 e. The highest BCUT2D eigenvalue weighted by Crippen LogP contribution is 2.40. The Hall–Kier alpha value is -2.39. The number of hydrogen-bond acceptors (Lipinski definition) is 2. The third-order valence-corrected chi connectivity index (χ3v) is 7.96. The molecule has 1 aliphatic carbocycles. The maximum atomic E-state index is 13.6. The zero-order valence-electron chi connectivity index (χ0n) is 19.5. The molecule has 0 saturated heterocycles. The molecule has 1 aliphatic rings. The van der Waals surface area contributed by atoms with E-state index in [0.717, 1.165) is 23.1 Å². The van der Waals surface area contributed by atoms with Gasteiger partial charge < -0.3 is 4.57 Å². The van der Waals surface area contributed by atoms with Gasteiger partial charge in [-0.1, -0.05) is 39.0 Å². The molecule has 34 heavy (non-hydrogen) atoms. The summed E-state index contributed by atoms with van der Waals surface area (Å²) in [4.78, 5) is 0. The molecule has 0 unspecified atom stereocenters. The van der Waals surface area contributed by atoms with Crippen molar-refractivity contribution in [3.8, 4) is 11.1 Å². The molecule has 1 N–H and O–H groups in total. The van der Waals surface area contributed by atoms with E-state index in [9.17, 15) is 26.0 Å². The Labute approximate surface area is 197 Å². The van der Waals surface area contributed by atoms with Gasteiger partial charge in [0, 0.05) is 29.7 Å². The average Bonchev–Trinajstić information content (AvgIpc) is 3.50. The highest BCUT2D eigenvalue weighted by atomic mass is 32.2. The van der Waals surface area contributed by atoms with Crippen molar-refractivity contribution in [2.24, 2.45) is 5.41 Å². The zero-order chi connectivity index (χ0) is 25.1. The van der Waals surface area contributed by atoms with Crippen LogP contribution >= 0.6 is 0 Å². The number of hydrogen-bond donors (Lipinski definition) is 1. The van der Waals surface area contributed by atoms with Gasteiger partial charge in [0.2, 0.25) is 10.0 Å². The van der Waals surface area contributed by atoms with Crippen molar-refractivity contribution in [3.63, 3.8) is 0 Å². The van der Waals surface area contributed by atoms with E-state index < -0.39 is 33.6 Å². The summed E-state index contributed by atoms with van der Waals surface area (Å²) in [7, 11) is -3.43. The number of aromatic nitrogens is 1. The number of nitrogens with one attached hydrogen (secondary N) is 1. The highest BCUT2D eigenvalue weighted by molar-refractivity contribution is 7.90. The molecule has 0 bridgehead atoms. The molecular formula is C25H28F4N2O2S. The first-order valence-electron chi connectivity index (χ1n) is 11.2. The largest absolute Gasteiger partial charge is 0.417 e. The molecule has 1 atom stereocenters. The second-order valence-corrected chi connectivity index (χ2v) is 12.3. The lowest BCUT2D eigenvalue weighted by Gasteiger charge is -2.20. The molecule has 3 aromatic rings. The average molecular weight is 497 g/mol. The molecule has 1 fully saturated rings. The highest BCUT2D eigenvalue weighted by Gasteiger charge is 2.37. The third-order valence-electron chi connectivity index (χ3n) is 5.93. The van der Waals surface area contributed by atoms with E-state index in [0.29, 0.717) is 36.5 Å². The van der Waals surface area contributed by atoms with Crippen LogP contribution in [0.1, 0.15) is 57.7 Å². The van der Waals surface area contributed by atoms with E-state index in [-0.39, 0.29) is 16.2 Å². The quantitative estimate of drug-likeness (QED) is 0.388. The maximum Gasteiger partial charge on any atom is 0.417 e. The summed E-state index contributed by atoms with van der Waals surface area (Å²) in [6.45, 7) is 8.48. The number of sulfonamides is 1. The van der Waals surface area contributed by atoms with Crippen LogP contribution in [-0.4, -0.2) is 18.2 Å². The first-order chi connectivity index (χ1) is 15.7. The van der Waals surface area contributed by atoms with E-state index >= 15 is 0 Å². The van der Waals surface area contributed by atoms with Crippen molar-refractivity contribution in [2.75, 3.05) is 0 Å². The molecule has 9 heteroatoms. The van der Waals surface area contributed by atoms with E-state index in [1.807, 2.05) is 31.5 Å². The van der Waals surface area contributed by atoms with Crippen molar-refractivity contribution in [1.29, 1.82) is 0 Å². The molecule has 4 rings (SSSR count). The summed E-state index contributed by atoms with van der Waals surface area (Å²) in [5.41, 5.74) is 0.478. The Balaban J connectivity index is 1.84. The van der Waals surface area contributed by atoms with E-state index in [4.69, 9.17) is 0 Å². The zero-order valence-corrected chi connectivity index (χ0v) is 20.3. The Kier molecular flexibility index (Phi) is 6.09. The summed E-state index contributed by atoms with van der Waals surface area (Å²) in [5, 5.41) is 0.401. The summed E-state index contributed by atoms with van der Waals surface area (Å²) < 4.78 is 84.2. The number of fused-ring (bicyclic) bond motifs is 1. The van der Waals surface area contributed by atoms with Crippen LogP contribution in [0.2, 0.25) is 0 Å². The number of alkyl halides is 3. The van der Waals surface area contributed by atoms with Crippen LogP contribution < -0.4 is 4.72 Å². The number of halogens is 4. The van der Waals surface area contributed by atoms with Crippen molar-refractivity contribution in [1.82, 2.24) is 9.29 Å². The standard InChI is InChI=1S/C25H28F4N2O2S/c1-15(30-34(32,33)18-7-8-18)21-13-31(14-24(2,3)4)23-11-16(5-9-20(21)23)19-10-6-17(26)12-22(19)25(27,28)29/h5-6,9-13,15,18,30H,7-8,14H2,1-4H3/t15-/m1/s1. The summed E-state index contributed by atoms with van der Waals surface area (Å²) in [6.07, 6.45) is -1.54. The minimum atomic E-state index is -4.71. The lowest BCUT2D eigenvalue weighted by Crippen LogP contribution is -2.29. The third kappa shape index (κ3) is 5.15. The second-order valence-electron chi connectivity index (χ2n) is 10.3. The van der Waals surface area contributed by atoms with E-state index in [1.54, 1.807) is 25.1 Å². The van der Waals surface area contributed by atoms with Gasteiger partial charge >= 0.3 is 6.18 Å². The van der Waals surface area contributed by atoms with Gasteiger partial charge in [0.15, 0.2) is 0 Å². The second kappa shape index (κ2) is 8.37. The van der Waals surface area contributed by atoms with Gasteiger partial charge in [0.05, 0.1) is 10.8 Å². The first-order valence-corrected chi connectivity index (χ1v) is 12.7. The molecule has 0 amide bonds. The predicted molar refractivity (Wildman–Crippen MR) is 125 cm³/mol. The Bertz CT molecular complexity index is 1330. The van der Waals surface area contributed by atoms with Gasteiger partial charge in [-0.05, 0) is 60.1 Å². The monoisotopic (exact) mass is 496 g/mol. The van der Waals surface area contributed by atoms with Gasteiger partial charge in [0.25, 0.3) is 0 Å². The molecule has 2 aromatic carbocycles. The van der Waals surface area contributed by atoms with Crippen LogP contribution in [-0.2, 0) is 22.7 Å². The molecule has 1 saturated carbocycles. The molecule has 0 radical (unpaired) electrons. The van der Waals surface area contributed by atoms with Gasteiger partial charge in [-0.25, -0.2) is 17.5 Å². The van der Waals surface area contributed by atoms with Crippen LogP contribution in [0.3, 0.4) is 0 Å². The molecule has 184 valence electrons. The normalized spacial score (nSPS) is 16.2. The van der Waals surface area contributed by atoms with Crippen LogP contribution in [0.15, 0.2) is 42.6 Å². The van der Waals surface area contributed by atoms with E-state index in [2.05, 4.69) is 4.72 Å². The maximum absolute atomic E-state index is 13.6. The van der Waals surface area contributed by atoms with Crippen molar-refractivity contribution >= 4 is 20.9 Å². The van der Waals surface area contributed by atoms with Gasteiger partial charge in [-0.3, -0.25) is 0 Å². The van der Waals surface area contributed by atoms with Crippen LogP contribution in [0.5, 0.6) is 0 Å². The molecular weight excluding hydrogens is 468 g/mol. The Morgan fingerprint density at radius 1 is 1.09 bits per heavy atom. The molecule has 4 nitrogen and oxygen atoms in total. The lowest BCUT2D eigenvalue weighted by molar-refractivity contribution is -0.137. The van der Waals surface area contributed by atoms with Gasteiger partial charge in [-0.15, -0.1) is 0 Å². The fourth-order valence-corrected chi connectivity index (χ4v) is 5.83. The molecule has 0 aliphatic heterocycles. The van der Waals surface area contributed by atoms with Crippen LogP contribution in [0.25, 0.3) is 22.0 Å². The fourth-order valence-electron chi connectivity index (χ4n) is 4.26. The van der Waals surface area contributed by atoms with E-state index in [1.165, 1.54) is 0 Å². The van der Waals surface area contributed by atoms with Gasteiger partial charge in [0.1, 0.15) is 5.82 Å². The topological polar surface area (TPSA) is 51.1 Å². The van der Waals surface area contributed by atoms with Crippen molar-refractivity contribution in [3.05, 3.63) is 59.5 Å². The number of benzene rings is 2. The summed E-state index contributed by atoms with van der Waals surface area (Å²) in [5.74, 6) is -0.952. The number of rotatable bonds is 6. The fraction of sp³-hybridized carbons (Fsp3) is 0.440. The van der Waals surface area contributed by atoms with Crippen molar-refractivity contribution < 1.29 is 26.0 Å². The Morgan fingerprint density at radius 2 is 1.76 bits per heavy atom. The summed E-state index contributed by atoms with van der Waals surface area (Å²) in [6, 6.07) is 7.11. The van der Waals surface area contributed by atoms with Crippen molar-refractivity contribution in [2.45, 2.75) is 64.5 Å². The SMILES string of the molecule is C[C@@H](NS(=O)(=O)C1CC1)c1cn(CC(C)(C)C)c2cc(-c3ccc(F)cc3C(F)(F)F)ccc12. The van der Waals surface area contributed by atoms with Crippen LogP contribution in [0, 0.1) is 11.2 Å². The van der Waals surface area contributed by atoms with Gasteiger partial charge in [-0.2, -0.15) is 13.2 Å². The lowest BCUT2D eigenvalue weighted by atomic mass is 9.96. The summed E-state index contributed by atoms with van der Waals surface area (Å²) >= 11 is 0. The molecule has 1 heterocycles.